The lowest BCUT2D eigenvalue weighted by Gasteiger charge is -2.04. The molecule has 0 saturated carbocycles. The van der Waals surface area contributed by atoms with E-state index in [9.17, 15) is 4.39 Å². The molecule has 0 bridgehead atoms. The summed E-state index contributed by atoms with van der Waals surface area (Å²) in [6.07, 6.45) is 1.68. The standard InChI is InChI=1S/C14H16BrFN2O2/c1-9(2)6-17-7-11-8-19-14(18-11)20-13-4-3-10(16)5-12(13)15/h3-5,8-9,17H,6-7H2,1-2H3. The van der Waals surface area contributed by atoms with Gasteiger partial charge < -0.3 is 14.5 Å². The highest BCUT2D eigenvalue weighted by Crippen LogP contribution is 2.29. The molecule has 2 aromatic rings. The molecule has 0 fully saturated rings. The smallest absolute Gasteiger partial charge is 0.399 e. The summed E-state index contributed by atoms with van der Waals surface area (Å²) in [6.45, 7) is 5.80. The van der Waals surface area contributed by atoms with Gasteiger partial charge in [0.2, 0.25) is 0 Å². The molecule has 0 radical (unpaired) electrons. The minimum Gasteiger partial charge on any atom is -0.417 e. The molecule has 1 aromatic carbocycles. The Balaban J connectivity index is 1.95. The summed E-state index contributed by atoms with van der Waals surface area (Å²) >= 11 is 3.22. The van der Waals surface area contributed by atoms with Crippen LogP contribution in [0.4, 0.5) is 4.39 Å². The summed E-state index contributed by atoms with van der Waals surface area (Å²) in [5.41, 5.74) is 0.763. The van der Waals surface area contributed by atoms with Gasteiger partial charge in [-0.15, -0.1) is 0 Å². The van der Waals surface area contributed by atoms with E-state index in [1.165, 1.54) is 18.2 Å². The van der Waals surface area contributed by atoms with Gasteiger partial charge in [-0.25, -0.2) is 4.39 Å². The first-order valence-corrected chi connectivity index (χ1v) is 7.12. The van der Waals surface area contributed by atoms with Crippen LogP contribution >= 0.6 is 15.9 Å². The number of nitrogens with one attached hydrogen (secondary N) is 1. The van der Waals surface area contributed by atoms with E-state index < -0.39 is 0 Å². The average molecular weight is 343 g/mol. The first kappa shape index (κ1) is 15.0. The molecule has 0 aliphatic carbocycles. The van der Waals surface area contributed by atoms with Gasteiger partial charge >= 0.3 is 6.08 Å². The number of nitrogens with zero attached hydrogens (tertiary/aromatic N) is 1. The normalized spacial score (nSPS) is 11.1. The van der Waals surface area contributed by atoms with Crippen LogP contribution in [0.1, 0.15) is 19.5 Å². The summed E-state index contributed by atoms with van der Waals surface area (Å²) in [6, 6.07) is 4.15. The van der Waals surface area contributed by atoms with E-state index in [2.05, 4.69) is 40.1 Å². The van der Waals surface area contributed by atoms with Crippen LogP contribution in [0, 0.1) is 11.7 Å². The fourth-order valence-corrected chi connectivity index (χ4v) is 1.99. The lowest BCUT2D eigenvalue weighted by molar-refractivity contribution is 0.329. The van der Waals surface area contributed by atoms with Crippen molar-refractivity contribution in [1.29, 1.82) is 0 Å². The van der Waals surface area contributed by atoms with Crippen molar-refractivity contribution < 1.29 is 13.5 Å². The minimum atomic E-state index is -0.338. The maximum Gasteiger partial charge on any atom is 0.399 e. The van der Waals surface area contributed by atoms with E-state index in [0.29, 0.717) is 22.7 Å². The quantitative estimate of drug-likeness (QED) is 0.857. The molecule has 0 aliphatic rings. The molecule has 0 spiro atoms. The Morgan fingerprint density at radius 1 is 1.45 bits per heavy atom. The fraction of sp³-hybridized carbons (Fsp3) is 0.357. The fourth-order valence-electron chi connectivity index (χ4n) is 1.56. The van der Waals surface area contributed by atoms with E-state index in [4.69, 9.17) is 9.15 Å². The Morgan fingerprint density at radius 2 is 2.25 bits per heavy atom. The highest BCUT2D eigenvalue weighted by molar-refractivity contribution is 9.10. The number of halogens is 2. The zero-order valence-electron chi connectivity index (χ0n) is 11.3. The summed E-state index contributed by atoms with van der Waals surface area (Å²) < 4.78 is 24.1. The lowest BCUT2D eigenvalue weighted by atomic mass is 10.2. The summed E-state index contributed by atoms with van der Waals surface area (Å²) in [5, 5.41) is 3.26. The zero-order chi connectivity index (χ0) is 14.5. The number of oxazole rings is 1. The largest absolute Gasteiger partial charge is 0.417 e. The van der Waals surface area contributed by atoms with Crippen LogP contribution in [-0.4, -0.2) is 11.5 Å². The molecule has 0 unspecified atom stereocenters. The van der Waals surface area contributed by atoms with E-state index in [0.717, 1.165) is 12.2 Å². The lowest BCUT2D eigenvalue weighted by Crippen LogP contribution is -2.19. The molecule has 1 heterocycles. The van der Waals surface area contributed by atoms with Crippen LogP contribution in [-0.2, 0) is 6.54 Å². The number of benzene rings is 1. The monoisotopic (exact) mass is 342 g/mol. The van der Waals surface area contributed by atoms with Gasteiger partial charge in [0, 0.05) is 6.54 Å². The van der Waals surface area contributed by atoms with Crippen molar-refractivity contribution in [3.8, 4) is 11.8 Å². The molecular formula is C14H16BrFN2O2. The molecule has 4 nitrogen and oxygen atoms in total. The molecule has 1 N–H and O–H groups in total. The van der Waals surface area contributed by atoms with Crippen LogP contribution < -0.4 is 10.1 Å². The molecule has 0 amide bonds. The summed E-state index contributed by atoms with van der Waals surface area (Å²) in [7, 11) is 0. The summed E-state index contributed by atoms with van der Waals surface area (Å²) in [5.74, 6) is 0.693. The van der Waals surface area contributed by atoms with Gasteiger partial charge in [-0.3, -0.25) is 0 Å². The Bertz CT molecular complexity index is 572. The number of aromatic nitrogens is 1. The van der Waals surface area contributed by atoms with Crippen molar-refractivity contribution in [1.82, 2.24) is 10.3 Å². The van der Waals surface area contributed by atoms with Gasteiger partial charge in [0.1, 0.15) is 17.8 Å². The van der Waals surface area contributed by atoms with Crippen LogP contribution in [0.3, 0.4) is 0 Å². The minimum absolute atomic E-state index is 0.138. The summed E-state index contributed by atoms with van der Waals surface area (Å²) in [4.78, 5) is 4.20. The number of hydrogen-bond acceptors (Lipinski definition) is 4. The van der Waals surface area contributed by atoms with E-state index in [1.807, 2.05) is 0 Å². The second-order valence-corrected chi connectivity index (χ2v) is 5.66. The third-order valence-corrected chi connectivity index (χ3v) is 3.10. The molecule has 0 saturated heterocycles. The maximum atomic E-state index is 13.0. The Morgan fingerprint density at radius 3 is 2.95 bits per heavy atom. The number of rotatable bonds is 6. The maximum absolute atomic E-state index is 13.0. The SMILES string of the molecule is CC(C)CNCc1coc(Oc2ccc(F)cc2Br)n1. The molecular weight excluding hydrogens is 327 g/mol. The molecule has 0 atom stereocenters. The van der Waals surface area contributed by atoms with Crippen molar-refractivity contribution in [2.45, 2.75) is 20.4 Å². The molecule has 108 valence electrons. The van der Waals surface area contributed by atoms with Gasteiger partial charge in [-0.2, -0.15) is 4.98 Å². The van der Waals surface area contributed by atoms with Crippen LogP contribution in [0.5, 0.6) is 11.8 Å². The van der Waals surface area contributed by atoms with Gasteiger partial charge in [-0.05, 0) is 46.6 Å². The molecule has 1 aromatic heterocycles. The first-order chi connectivity index (χ1) is 9.54. The molecule has 2 rings (SSSR count). The number of hydrogen-bond donors (Lipinski definition) is 1. The van der Waals surface area contributed by atoms with Crippen molar-refractivity contribution in [2.75, 3.05) is 6.54 Å². The zero-order valence-corrected chi connectivity index (χ0v) is 12.9. The van der Waals surface area contributed by atoms with E-state index in [-0.39, 0.29) is 11.9 Å². The molecule has 20 heavy (non-hydrogen) atoms. The Kier molecular flexibility index (Phi) is 5.14. The van der Waals surface area contributed by atoms with E-state index >= 15 is 0 Å². The van der Waals surface area contributed by atoms with E-state index in [1.54, 1.807) is 6.26 Å². The van der Waals surface area contributed by atoms with Crippen molar-refractivity contribution in [2.24, 2.45) is 5.92 Å². The van der Waals surface area contributed by atoms with Crippen LogP contribution in [0.15, 0.2) is 33.4 Å². The molecule has 0 aliphatic heterocycles. The Hall–Kier alpha value is -1.40. The van der Waals surface area contributed by atoms with Gasteiger partial charge in [0.15, 0.2) is 0 Å². The van der Waals surface area contributed by atoms with Gasteiger partial charge in [-0.1, -0.05) is 13.8 Å². The second kappa shape index (κ2) is 6.85. The van der Waals surface area contributed by atoms with Gasteiger partial charge in [0.05, 0.1) is 10.2 Å². The highest BCUT2D eigenvalue weighted by Gasteiger charge is 2.09. The molecule has 6 heteroatoms. The Labute approximate surface area is 125 Å². The predicted molar refractivity (Wildman–Crippen MR) is 77.2 cm³/mol. The number of ether oxygens (including phenoxy) is 1. The van der Waals surface area contributed by atoms with Crippen molar-refractivity contribution >= 4 is 15.9 Å². The average Bonchev–Trinajstić information content (AvgIpc) is 2.80. The highest BCUT2D eigenvalue weighted by atomic mass is 79.9. The van der Waals surface area contributed by atoms with Crippen molar-refractivity contribution in [3.05, 3.63) is 40.4 Å². The van der Waals surface area contributed by atoms with Crippen LogP contribution in [0.25, 0.3) is 0 Å². The van der Waals surface area contributed by atoms with Crippen molar-refractivity contribution in [3.63, 3.8) is 0 Å². The third kappa shape index (κ3) is 4.31. The second-order valence-electron chi connectivity index (χ2n) is 4.81. The first-order valence-electron chi connectivity index (χ1n) is 6.32. The predicted octanol–water partition coefficient (Wildman–Crippen LogP) is 4.11. The topological polar surface area (TPSA) is 47.3 Å². The van der Waals surface area contributed by atoms with Crippen LogP contribution in [0.2, 0.25) is 0 Å². The van der Waals surface area contributed by atoms with Gasteiger partial charge in [0.25, 0.3) is 0 Å². The third-order valence-electron chi connectivity index (χ3n) is 2.48.